The summed E-state index contributed by atoms with van der Waals surface area (Å²) < 4.78 is 35.5. The van der Waals surface area contributed by atoms with Gasteiger partial charge in [-0.3, -0.25) is 4.79 Å². The maximum atomic E-state index is 13.1. The van der Waals surface area contributed by atoms with Gasteiger partial charge in [0.05, 0.1) is 11.6 Å². The summed E-state index contributed by atoms with van der Waals surface area (Å²) in [6, 6.07) is 18.9. The SMILES string of the molecule is Cc1cc(OCCCn2c(C(=O)NS(=O)(=O)c3ccccc3Cl)cc3ccccc32)cc(C)c1Cl. The van der Waals surface area contributed by atoms with Crippen LogP contribution in [-0.2, 0) is 16.6 Å². The van der Waals surface area contributed by atoms with Crippen LogP contribution in [0.4, 0.5) is 0 Å². The number of ether oxygens (including phenoxy) is 1. The summed E-state index contributed by atoms with van der Waals surface area (Å²) >= 11 is 12.3. The lowest BCUT2D eigenvalue weighted by Crippen LogP contribution is -2.32. The van der Waals surface area contributed by atoms with E-state index in [-0.39, 0.29) is 15.6 Å². The summed E-state index contributed by atoms with van der Waals surface area (Å²) in [5.74, 6) is -0.00319. The molecule has 0 saturated carbocycles. The summed E-state index contributed by atoms with van der Waals surface area (Å²) in [5, 5.41) is 1.59. The van der Waals surface area contributed by atoms with Crippen molar-refractivity contribution in [2.75, 3.05) is 6.61 Å². The number of carbonyl (C=O) groups is 1. The van der Waals surface area contributed by atoms with Crippen LogP contribution in [-0.4, -0.2) is 25.5 Å². The molecule has 0 aliphatic heterocycles. The first kappa shape index (κ1) is 25.1. The van der Waals surface area contributed by atoms with Gasteiger partial charge in [0, 0.05) is 22.5 Å². The Morgan fingerprint density at radius 2 is 1.63 bits per heavy atom. The Bertz CT molecular complexity index is 1490. The minimum absolute atomic E-state index is 0.0400. The molecule has 9 heteroatoms. The van der Waals surface area contributed by atoms with Crippen molar-refractivity contribution in [2.24, 2.45) is 0 Å². The van der Waals surface area contributed by atoms with Gasteiger partial charge in [-0.05, 0) is 67.8 Å². The van der Waals surface area contributed by atoms with Crippen molar-refractivity contribution in [2.45, 2.75) is 31.7 Å². The average Bonchev–Trinajstić information content (AvgIpc) is 3.19. The van der Waals surface area contributed by atoms with Crippen molar-refractivity contribution in [1.29, 1.82) is 0 Å². The number of nitrogens with one attached hydrogen (secondary N) is 1. The van der Waals surface area contributed by atoms with Crippen molar-refractivity contribution in [1.82, 2.24) is 9.29 Å². The Labute approximate surface area is 214 Å². The van der Waals surface area contributed by atoms with E-state index in [1.165, 1.54) is 12.1 Å². The number of sulfonamides is 1. The molecule has 6 nitrogen and oxygen atoms in total. The molecule has 4 aromatic rings. The third-order valence-corrected chi connectivity index (χ3v) is 8.03. The van der Waals surface area contributed by atoms with Crippen LogP contribution in [0.2, 0.25) is 10.0 Å². The molecule has 1 N–H and O–H groups in total. The van der Waals surface area contributed by atoms with Gasteiger partial charge in [0.1, 0.15) is 16.3 Å². The van der Waals surface area contributed by atoms with Crippen molar-refractivity contribution in [3.8, 4) is 5.75 Å². The van der Waals surface area contributed by atoms with Gasteiger partial charge < -0.3 is 9.30 Å². The van der Waals surface area contributed by atoms with E-state index in [4.69, 9.17) is 27.9 Å². The molecule has 1 amide bonds. The third-order valence-electron chi connectivity index (χ3n) is 5.60. The summed E-state index contributed by atoms with van der Waals surface area (Å²) in [6.07, 6.45) is 0.594. The van der Waals surface area contributed by atoms with Crippen LogP contribution in [0.1, 0.15) is 28.0 Å². The fourth-order valence-electron chi connectivity index (χ4n) is 3.93. The Balaban J connectivity index is 1.53. The number of para-hydroxylation sites is 1. The maximum absolute atomic E-state index is 13.1. The number of rotatable bonds is 8. The topological polar surface area (TPSA) is 77.4 Å². The van der Waals surface area contributed by atoms with Gasteiger partial charge in [-0.1, -0.05) is 53.5 Å². The number of carbonyl (C=O) groups excluding carboxylic acids is 1. The molecule has 0 bridgehead atoms. The number of fused-ring (bicyclic) bond motifs is 1. The number of benzene rings is 3. The second kappa shape index (κ2) is 10.3. The number of hydrogen-bond acceptors (Lipinski definition) is 4. The second-order valence-corrected chi connectivity index (χ2v) is 10.6. The molecule has 1 aromatic heterocycles. The van der Waals surface area contributed by atoms with Gasteiger partial charge >= 0.3 is 0 Å². The van der Waals surface area contributed by atoms with Gasteiger partial charge in [-0.15, -0.1) is 0 Å². The fourth-order valence-corrected chi connectivity index (χ4v) is 5.52. The van der Waals surface area contributed by atoms with E-state index in [9.17, 15) is 13.2 Å². The average molecular weight is 531 g/mol. The largest absolute Gasteiger partial charge is 0.494 e. The smallest absolute Gasteiger partial charge is 0.281 e. The highest BCUT2D eigenvalue weighted by molar-refractivity contribution is 7.90. The second-order valence-electron chi connectivity index (χ2n) is 8.18. The lowest BCUT2D eigenvalue weighted by atomic mass is 10.1. The van der Waals surface area contributed by atoms with Gasteiger partial charge in [-0.2, -0.15) is 0 Å². The van der Waals surface area contributed by atoms with Gasteiger partial charge in [0.15, 0.2) is 0 Å². The fraction of sp³-hybridized carbons (Fsp3) is 0.192. The predicted molar refractivity (Wildman–Crippen MR) is 139 cm³/mol. The van der Waals surface area contributed by atoms with Crippen molar-refractivity contribution in [3.05, 3.63) is 93.6 Å². The molecule has 0 aliphatic rings. The Hall–Kier alpha value is -3.00. The van der Waals surface area contributed by atoms with E-state index in [1.807, 2.05) is 50.2 Å². The Morgan fingerprint density at radius 1 is 0.971 bits per heavy atom. The van der Waals surface area contributed by atoms with E-state index in [0.29, 0.717) is 19.6 Å². The quantitative estimate of drug-likeness (QED) is 0.277. The molecule has 182 valence electrons. The van der Waals surface area contributed by atoms with Gasteiger partial charge in [0.25, 0.3) is 15.9 Å². The van der Waals surface area contributed by atoms with Crippen molar-refractivity contribution >= 4 is 50.0 Å². The Kier molecular flexibility index (Phi) is 7.40. The monoisotopic (exact) mass is 530 g/mol. The van der Waals surface area contributed by atoms with Crippen LogP contribution in [0, 0.1) is 13.8 Å². The van der Waals surface area contributed by atoms with Crippen LogP contribution >= 0.6 is 23.2 Å². The maximum Gasteiger partial charge on any atom is 0.281 e. The van der Waals surface area contributed by atoms with E-state index < -0.39 is 15.9 Å². The molecule has 0 fully saturated rings. The predicted octanol–water partition coefficient (Wildman–Crippen LogP) is 6.15. The van der Waals surface area contributed by atoms with Crippen molar-refractivity contribution < 1.29 is 17.9 Å². The molecule has 0 unspecified atom stereocenters. The zero-order valence-electron chi connectivity index (χ0n) is 19.2. The lowest BCUT2D eigenvalue weighted by Gasteiger charge is -2.13. The zero-order chi connectivity index (χ0) is 25.2. The highest BCUT2D eigenvalue weighted by atomic mass is 35.5. The highest BCUT2D eigenvalue weighted by Gasteiger charge is 2.24. The molecule has 35 heavy (non-hydrogen) atoms. The summed E-state index contributed by atoms with van der Waals surface area (Å²) in [6.45, 7) is 4.71. The summed E-state index contributed by atoms with van der Waals surface area (Å²) in [7, 11) is -4.15. The van der Waals surface area contributed by atoms with Crippen LogP contribution in [0.3, 0.4) is 0 Å². The normalized spacial score (nSPS) is 11.5. The number of halogens is 2. The van der Waals surface area contributed by atoms with Gasteiger partial charge in [0.2, 0.25) is 0 Å². The molecular weight excluding hydrogens is 507 g/mol. The van der Waals surface area contributed by atoms with Crippen LogP contribution < -0.4 is 9.46 Å². The molecule has 4 rings (SSSR count). The number of aryl methyl sites for hydroxylation is 3. The summed E-state index contributed by atoms with van der Waals surface area (Å²) in [5.41, 5.74) is 2.94. The number of hydrogen-bond donors (Lipinski definition) is 1. The zero-order valence-corrected chi connectivity index (χ0v) is 21.5. The first-order valence-corrected chi connectivity index (χ1v) is 13.2. The molecule has 1 heterocycles. The number of aromatic nitrogens is 1. The molecule has 0 radical (unpaired) electrons. The third kappa shape index (κ3) is 5.48. The minimum Gasteiger partial charge on any atom is -0.494 e. The van der Waals surface area contributed by atoms with Crippen molar-refractivity contribution in [3.63, 3.8) is 0 Å². The molecule has 3 aromatic carbocycles. The summed E-state index contributed by atoms with van der Waals surface area (Å²) in [4.78, 5) is 12.9. The van der Waals surface area contributed by atoms with Gasteiger partial charge in [-0.25, -0.2) is 13.1 Å². The molecule has 0 atom stereocenters. The first-order valence-electron chi connectivity index (χ1n) is 11.0. The number of nitrogens with zero attached hydrogens (tertiary/aromatic N) is 1. The standard InChI is InChI=1S/C26H24Cl2N2O4S/c1-17-14-20(15-18(2)25(17)28)34-13-7-12-30-22-10-5-3-8-19(22)16-23(30)26(31)29-35(32,33)24-11-6-4-9-21(24)27/h3-6,8-11,14-16H,7,12-13H2,1-2H3,(H,29,31). The number of amides is 1. The molecule has 0 saturated heterocycles. The molecule has 0 aliphatic carbocycles. The van der Waals surface area contributed by atoms with E-state index in [1.54, 1.807) is 22.8 Å². The Morgan fingerprint density at radius 3 is 2.34 bits per heavy atom. The van der Waals surface area contributed by atoms with E-state index in [0.717, 1.165) is 32.8 Å². The lowest BCUT2D eigenvalue weighted by molar-refractivity contribution is 0.0972. The van der Waals surface area contributed by atoms with E-state index >= 15 is 0 Å². The minimum atomic E-state index is -4.15. The highest BCUT2D eigenvalue weighted by Crippen LogP contribution is 2.26. The first-order chi connectivity index (χ1) is 16.7. The molecule has 0 spiro atoms. The molecular formula is C26H24Cl2N2O4S. The van der Waals surface area contributed by atoms with E-state index in [2.05, 4.69) is 4.72 Å². The van der Waals surface area contributed by atoms with Crippen LogP contribution in [0.5, 0.6) is 5.75 Å². The van der Waals surface area contributed by atoms with Crippen LogP contribution in [0.15, 0.2) is 71.6 Å². The van der Waals surface area contributed by atoms with Crippen LogP contribution in [0.25, 0.3) is 10.9 Å².